The first-order chi connectivity index (χ1) is 14.7. The smallest absolute Gasteiger partial charge is 0.159 e. The third-order valence-electron chi connectivity index (χ3n) is 6.78. The third kappa shape index (κ3) is 7.06. The highest BCUT2D eigenvalue weighted by Crippen LogP contribution is 2.37. The fraction of sp³-hybridized carbons (Fsp3) is 0.577. The molecule has 162 valence electrons. The summed E-state index contributed by atoms with van der Waals surface area (Å²) in [6.45, 7) is 0.841. The second kappa shape index (κ2) is 12.0. The van der Waals surface area contributed by atoms with Crippen LogP contribution in [-0.2, 0) is 4.74 Å². The summed E-state index contributed by atoms with van der Waals surface area (Å²) in [6, 6.07) is 6.34. The topological polar surface area (TPSA) is 33.0 Å². The van der Waals surface area contributed by atoms with Crippen molar-refractivity contribution in [3.63, 3.8) is 0 Å². The van der Waals surface area contributed by atoms with Crippen molar-refractivity contribution in [1.29, 1.82) is 5.26 Å². The molecule has 2 aliphatic carbocycles. The zero-order chi connectivity index (χ0) is 21.2. The molecule has 1 aromatic carbocycles. The van der Waals surface area contributed by atoms with Gasteiger partial charge in [0.05, 0.1) is 12.2 Å². The van der Waals surface area contributed by atoms with Crippen molar-refractivity contribution < 1.29 is 13.5 Å². The highest BCUT2D eigenvalue weighted by atomic mass is 19.2. The van der Waals surface area contributed by atoms with Gasteiger partial charge in [-0.25, -0.2) is 8.78 Å². The van der Waals surface area contributed by atoms with Gasteiger partial charge in [-0.2, -0.15) is 5.26 Å². The number of benzene rings is 1. The molecule has 2 aliphatic rings. The van der Waals surface area contributed by atoms with Crippen LogP contribution in [0, 0.1) is 34.8 Å². The van der Waals surface area contributed by atoms with Crippen molar-refractivity contribution in [3.8, 4) is 6.07 Å². The van der Waals surface area contributed by atoms with Gasteiger partial charge in [0, 0.05) is 12.7 Å². The number of hydrogen-bond acceptors (Lipinski definition) is 2. The fourth-order valence-corrected chi connectivity index (χ4v) is 4.89. The van der Waals surface area contributed by atoms with Crippen LogP contribution >= 0.6 is 0 Å². The van der Waals surface area contributed by atoms with E-state index in [0.717, 1.165) is 63.0 Å². The van der Waals surface area contributed by atoms with Crippen LogP contribution in [0.2, 0.25) is 0 Å². The van der Waals surface area contributed by atoms with E-state index in [1.54, 1.807) is 12.1 Å². The van der Waals surface area contributed by atoms with E-state index < -0.39 is 11.6 Å². The Bertz CT molecular complexity index is 751. The van der Waals surface area contributed by atoms with Gasteiger partial charge in [-0.05, 0) is 99.7 Å². The van der Waals surface area contributed by atoms with E-state index in [4.69, 9.17) is 10.00 Å². The second-order valence-corrected chi connectivity index (χ2v) is 8.86. The zero-order valence-electron chi connectivity index (χ0n) is 17.7. The number of hydrogen-bond donors (Lipinski definition) is 0. The lowest BCUT2D eigenvalue weighted by molar-refractivity contribution is -0.00824. The molecule has 0 unspecified atom stereocenters. The van der Waals surface area contributed by atoms with Gasteiger partial charge in [-0.15, -0.1) is 0 Å². The Morgan fingerprint density at radius 1 is 0.933 bits per heavy atom. The van der Waals surface area contributed by atoms with Crippen molar-refractivity contribution >= 4 is 0 Å². The number of allylic oxidation sites excluding steroid dienone is 4. The molecule has 0 bridgehead atoms. The lowest BCUT2D eigenvalue weighted by atomic mass is 9.79. The molecule has 3 rings (SSSR count). The molecular weight excluding hydrogens is 380 g/mol. The van der Waals surface area contributed by atoms with Crippen LogP contribution in [0.4, 0.5) is 8.78 Å². The summed E-state index contributed by atoms with van der Waals surface area (Å²) in [5.74, 6) is 0.230. The van der Waals surface area contributed by atoms with E-state index in [9.17, 15) is 8.78 Å². The molecule has 30 heavy (non-hydrogen) atoms. The predicted octanol–water partition coefficient (Wildman–Crippen LogP) is 7.23. The average molecular weight is 414 g/mol. The summed E-state index contributed by atoms with van der Waals surface area (Å²) in [6.07, 6.45) is 19.2. The van der Waals surface area contributed by atoms with Crippen LogP contribution in [0.25, 0.3) is 0 Å². The Labute approximate surface area is 179 Å². The molecule has 0 spiro atoms. The van der Waals surface area contributed by atoms with Gasteiger partial charge in [0.25, 0.3) is 0 Å². The minimum Gasteiger partial charge on any atom is -0.378 e. The molecule has 2 fully saturated rings. The van der Waals surface area contributed by atoms with E-state index in [2.05, 4.69) is 6.08 Å². The molecule has 0 amide bonds. The van der Waals surface area contributed by atoms with E-state index >= 15 is 0 Å². The van der Waals surface area contributed by atoms with Crippen LogP contribution in [0.15, 0.2) is 42.5 Å². The molecule has 0 saturated heterocycles. The van der Waals surface area contributed by atoms with Crippen LogP contribution in [-0.4, -0.2) is 12.7 Å². The zero-order valence-corrected chi connectivity index (χ0v) is 17.7. The Morgan fingerprint density at radius 2 is 1.67 bits per heavy atom. The van der Waals surface area contributed by atoms with E-state index in [-0.39, 0.29) is 0 Å². The fourth-order valence-electron chi connectivity index (χ4n) is 4.89. The second-order valence-electron chi connectivity index (χ2n) is 8.86. The van der Waals surface area contributed by atoms with E-state index in [1.165, 1.54) is 37.5 Å². The SMILES string of the molecule is N#C/C=C/C=C/CCC1CCC(OCC2CCC(c3ccc(F)c(F)c3)CC2)CC1. The number of nitrogens with zero attached hydrogens (tertiary/aromatic N) is 1. The summed E-state index contributed by atoms with van der Waals surface area (Å²) in [4.78, 5) is 0. The highest BCUT2D eigenvalue weighted by molar-refractivity contribution is 5.22. The molecule has 2 saturated carbocycles. The lowest BCUT2D eigenvalue weighted by Gasteiger charge is -2.32. The molecule has 0 N–H and O–H groups in total. The van der Waals surface area contributed by atoms with Crippen molar-refractivity contribution in [1.82, 2.24) is 0 Å². The van der Waals surface area contributed by atoms with Gasteiger partial charge in [-0.3, -0.25) is 0 Å². The number of rotatable bonds is 8. The minimum atomic E-state index is -0.764. The third-order valence-corrected chi connectivity index (χ3v) is 6.78. The Kier molecular flexibility index (Phi) is 9.08. The first-order valence-electron chi connectivity index (χ1n) is 11.4. The normalized spacial score (nSPS) is 27.5. The molecule has 2 nitrogen and oxygen atoms in total. The van der Waals surface area contributed by atoms with Crippen LogP contribution in [0.3, 0.4) is 0 Å². The molecule has 1 aromatic rings. The highest BCUT2D eigenvalue weighted by Gasteiger charge is 2.26. The van der Waals surface area contributed by atoms with Gasteiger partial charge < -0.3 is 4.74 Å². The summed E-state index contributed by atoms with van der Waals surface area (Å²) < 4.78 is 32.9. The van der Waals surface area contributed by atoms with Crippen molar-refractivity contribution in [2.75, 3.05) is 6.61 Å². The molecule has 0 atom stereocenters. The summed E-state index contributed by atoms with van der Waals surface area (Å²) in [5.41, 5.74) is 0.933. The van der Waals surface area contributed by atoms with Crippen LogP contribution < -0.4 is 0 Å². The molecule has 0 aromatic heterocycles. The molecule has 4 heteroatoms. The maximum atomic E-state index is 13.5. The van der Waals surface area contributed by atoms with Gasteiger partial charge in [-0.1, -0.05) is 24.3 Å². The van der Waals surface area contributed by atoms with E-state index in [0.29, 0.717) is 17.9 Å². The van der Waals surface area contributed by atoms with E-state index in [1.807, 2.05) is 12.1 Å². The Morgan fingerprint density at radius 3 is 2.37 bits per heavy atom. The minimum absolute atomic E-state index is 0.344. The Hall–Kier alpha value is -1.99. The largest absolute Gasteiger partial charge is 0.378 e. The van der Waals surface area contributed by atoms with Gasteiger partial charge in [0.1, 0.15) is 0 Å². The summed E-state index contributed by atoms with van der Waals surface area (Å²) in [7, 11) is 0. The predicted molar refractivity (Wildman–Crippen MR) is 116 cm³/mol. The lowest BCUT2D eigenvalue weighted by Crippen LogP contribution is -2.25. The van der Waals surface area contributed by atoms with Crippen molar-refractivity contribution in [2.45, 2.75) is 76.2 Å². The Balaban J connectivity index is 1.29. The number of halogens is 2. The molecular formula is C26H33F2NO. The molecule has 0 heterocycles. The molecule has 0 radical (unpaired) electrons. The monoisotopic (exact) mass is 413 g/mol. The van der Waals surface area contributed by atoms with Crippen molar-refractivity contribution in [2.24, 2.45) is 11.8 Å². The first-order valence-corrected chi connectivity index (χ1v) is 11.4. The number of nitriles is 1. The van der Waals surface area contributed by atoms with Gasteiger partial charge in [0.15, 0.2) is 11.6 Å². The van der Waals surface area contributed by atoms with Crippen molar-refractivity contribution in [3.05, 3.63) is 59.7 Å². The van der Waals surface area contributed by atoms with Crippen LogP contribution in [0.5, 0.6) is 0 Å². The first kappa shape index (κ1) is 22.7. The number of ether oxygens (including phenoxy) is 1. The standard InChI is InChI=1S/C26H33F2NO/c27-25-16-13-23(18-26(25)28)22-11-7-21(8-12-22)19-30-24-14-9-20(10-15-24)6-4-2-1-3-5-17-29/h1-3,5,13,16,18,20-22,24H,4,6-12,14-15,19H2/b2-1+,5-3+. The van der Waals surface area contributed by atoms with Gasteiger partial charge in [0.2, 0.25) is 0 Å². The maximum Gasteiger partial charge on any atom is 0.159 e. The van der Waals surface area contributed by atoms with Crippen LogP contribution in [0.1, 0.15) is 75.7 Å². The molecule has 0 aliphatic heterocycles. The average Bonchev–Trinajstić information content (AvgIpc) is 2.78. The quantitative estimate of drug-likeness (QED) is 0.333. The summed E-state index contributed by atoms with van der Waals surface area (Å²) >= 11 is 0. The maximum absolute atomic E-state index is 13.5. The van der Waals surface area contributed by atoms with Gasteiger partial charge >= 0.3 is 0 Å². The summed E-state index contributed by atoms with van der Waals surface area (Å²) in [5, 5.41) is 8.45.